The van der Waals surface area contributed by atoms with Crippen LogP contribution in [0.5, 0.6) is 5.75 Å². The van der Waals surface area contributed by atoms with Gasteiger partial charge in [-0.1, -0.05) is 0 Å². The van der Waals surface area contributed by atoms with Crippen molar-refractivity contribution in [3.63, 3.8) is 0 Å². The van der Waals surface area contributed by atoms with Gasteiger partial charge in [0.1, 0.15) is 5.75 Å². The second-order valence-corrected chi connectivity index (χ2v) is 3.24. The molecule has 14 heavy (non-hydrogen) atoms. The second kappa shape index (κ2) is 3.79. The van der Waals surface area contributed by atoms with E-state index in [1.165, 1.54) is 6.20 Å². The van der Waals surface area contributed by atoms with Gasteiger partial charge >= 0.3 is 0 Å². The zero-order chi connectivity index (χ0) is 9.97. The summed E-state index contributed by atoms with van der Waals surface area (Å²) in [5.41, 5.74) is 0. The number of nitrogens with one attached hydrogen (secondary N) is 1. The molecule has 0 saturated carbocycles. The van der Waals surface area contributed by atoms with Crippen LogP contribution < -0.4 is 10.2 Å². The number of hydrogen-bond acceptors (Lipinski definition) is 4. The lowest BCUT2D eigenvalue weighted by Crippen LogP contribution is -2.44. The monoisotopic (exact) mass is 197 g/mol. The lowest BCUT2D eigenvalue weighted by Gasteiger charge is -2.28. The Morgan fingerprint density at radius 3 is 2.79 bits per heavy atom. The first-order valence-electron chi connectivity index (χ1n) is 4.57. The number of anilines is 1. The molecule has 1 aromatic rings. The van der Waals surface area contributed by atoms with Crippen LogP contribution in [0.1, 0.15) is 0 Å². The number of piperazine rings is 1. The number of hydrogen-bond donors (Lipinski definition) is 2. The van der Waals surface area contributed by atoms with Crippen LogP contribution >= 0.6 is 0 Å². The smallest absolute Gasteiger partial charge is 0.169 e. The maximum atomic E-state index is 13.4. The van der Waals surface area contributed by atoms with E-state index in [-0.39, 0.29) is 5.75 Å². The minimum Gasteiger partial charge on any atom is -0.506 e. The van der Waals surface area contributed by atoms with Crippen molar-refractivity contribution < 1.29 is 9.50 Å². The van der Waals surface area contributed by atoms with Crippen molar-refractivity contribution in [2.75, 3.05) is 31.1 Å². The number of rotatable bonds is 1. The Labute approximate surface area is 81.4 Å². The highest BCUT2D eigenvalue weighted by Crippen LogP contribution is 2.19. The van der Waals surface area contributed by atoms with Gasteiger partial charge in [0, 0.05) is 32.2 Å². The molecule has 2 N–H and O–H groups in total. The lowest BCUT2D eigenvalue weighted by atomic mass is 10.3. The summed E-state index contributed by atoms with van der Waals surface area (Å²) in [5.74, 6) is -0.280. The predicted molar refractivity (Wildman–Crippen MR) is 50.9 cm³/mol. The first-order chi connectivity index (χ1) is 6.77. The molecule has 0 radical (unpaired) electrons. The summed E-state index contributed by atoms with van der Waals surface area (Å²) in [6.45, 7) is 3.16. The molecule has 5 heteroatoms. The van der Waals surface area contributed by atoms with Crippen LogP contribution in [0, 0.1) is 5.82 Å². The summed E-state index contributed by atoms with van der Waals surface area (Å²) in [6, 6.07) is 1.09. The average Bonchev–Trinajstić information content (AvgIpc) is 2.19. The van der Waals surface area contributed by atoms with Crippen molar-refractivity contribution in [2.24, 2.45) is 0 Å². The van der Waals surface area contributed by atoms with Gasteiger partial charge in [-0.3, -0.25) is 0 Å². The Kier molecular flexibility index (Phi) is 2.49. The molecule has 1 aliphatic rings. The number of pyridine rings is 1. The van der Waals surface area contributed by atoms with Crippen molar-refractivity contribution in [3.8, 4) is 5.75 Å². The quantitative estimate of drug-likeness (QED) is 0.681. The first-order valence-corrected chi connectivity index (χ1v) is 4.57. The first kappa shape index (κ1) is 9.21. The Bertz CT molecular complexity index is 326. The molecule has 2 heterocycles. The van der Waals surface area contributed by atoms with Crippen LogP contribution in [-0.4, -0.2) is 36.3 Å². The molecule has 1 aromatic heterocycles. The van der Waals surface area contributed by atoms with Crippen LogP contribution in [0.4, 0.5) is 10.2 Å². The van der Waals surface area contributed by atoms with E-state index in [4.69, 9.17) is 5.11 Å². The fraction of sp³-hybridized carbons (Fsp3) is 0.444. The highest BCUT2D eigenvalue weighted by Gasteiger charge is 2.15. The van der Waals surface area contributed by atoms with E-state index in [0.29, 0.717) is 5.82 Å². The number of nitrogens with zero attached hydrogens (tertiary/aromatic N) is 2. The van der Waals surface area contributed by atoms with Crippen molar-refractivity contribution in [2.45, 2.75) is 0 Å². The van der Waals surface area contributed by atoms with Crippen LogP contribution in [0.2, 0.25) is 0 Å². The molecular formula is C9H12FN3O. The zero-order valence-corrected chi connectivity index (χ0v) is 7.70. The fourth-order valence-corrected chi connectivity index (χ4v) is 1.53. The van der Waals surface area contributed by atoms with E-state index in [9.17, 15) is 4.39 Å². The summed E-state index contributed by atoms with van der Waals surface area (Å²) in [5, 5.41) is 12.2. The molecule has 0 aliphatic carbocycles. The van der Waals surface area contributed by atoms with E-state index >= 15 is 0 Å². The molecule has 1 saturated heterocycles. The molecular weight excluding hydrogens is 185 g/mol. The van der Waals surface area contributed by atoms with Gasteiger partial charge < -0.3 is 15.3 Å². The van der Waals surface area contributed by atoms with Crippen LogP contribution in [0.3, 0.4) is 0 Å². The number of aromatic nitrogens is 1. The molecule has 0 aromatic carbocycles. The summed E-state index contributed by atoms with van der Waals surface area (Å²) in [6.07, 6.45) is 1.26. The highest BCUT2D eigenvalue weighted by atomic mass is 19.1. The van der Waals surface area contributed by atoms with Gasteiger partial charge in [-0.05, 0) is 0 Å². The van der Waals surface area contributed by atoms with Crippen molar-refractivity contribution in [3.05, 3.63) is 18.1 Å². The van der Waals surface area contributed by atoms with Gasteiger partial charge in [0.05, 0.1) is 6.20 Å². The van der Waals surface area contributed by atoms with E-state index < -0.39 is 5.82 Å². The van der Waals surface area contributed by atoms with E-state index in [1.807, 2.05) is 4.90 Å². The second-order valence-electron chi connectivity index (χ2n) is 3.24. The minimum absolute atomic E-state index is 0.138. The van der Waals surface area contributed by atoms with Crippen LogP contribution in [0.15, 0.2) is 12.3 Å². The van der Waals surface area contributed by atoms with E-state index in [2.05, 4.69) is 10.3 Å². The van der Waals surface area contributed by atoms with Crippen molar-refractivity contribution >= 4 is 5.82 Å². The molecule has 1 fully saturated rings. The lowest BCUT2D eigenvalue weighted by molar-refractivity contribution is 0.464. The molecule has 2 rings (SSSR count). The summed E-state index contributed by atoms with van der Waals surface area (Å²) in [7, 11) is 0. The molecule has 0 atom stereocenters. The molecule has 0 amide bonds. The van der Waals surface area contributed by atoms with Gasteiger partial charge in [0.15, 0.2) is 11.6 Å². The van der Waals surface area contributed by atoms with Gasteiger partial charge in [-0.25, -0.2) is 9.37 Å². The fourth-order valence-electron chi connectivity index (χ4n) is 1.53. The molecule has 0 bridgehead atoms. The number of halogens is 1. The average molecular weight is 197 g/mol. The van der Waals surface area contributed by atoms with Gasteiger partial charge in [-0.2, -0.15) is 0 Å². The van der Waals surface area contributed by atoms with Gasteiger partial charge in [0.25, 0.3) is 0 Å². The van der Waals surface area contributed by atoms with Crippen molar-refractivity contribution in [1.82, 2.24) is 10.3 Å². The summed E-state index contributed by atoms with van der Waals surface area (Å²) >= 11 is 0. The number of aromatic hydroxyl groups is 1. The standard InChI is InChI=1S/C9H12FN3O/c10-8-5-7(14)6-12-9(8)13-3-1-11-2-4-13/h5-6,11,14H,1-4H2. The molecule has 76 valence electrons. The largest absolute Gasteiger partial charge is 0.506 e. The molecule has 0 unspecified atom stereocenters. The third-order valence-electron chi connectivity index (χ3n) is 2.22. The van der Waals surface area contributed by atoms with Crippen LogP contribution in [-0.2, 0) is 0 Å². The van der Waals surface area contributed by atoms with Gasteiger partial charge in [-0.15, -0.1) is 0 Å². The Hall–Kier alpha value is -1.36. The third kappa shape index (κ3) is 1.77. The third-order valence-corrected chi connectivity index (χ3v) is 2.22. The van der Waals surface area contributed by atoms with E-state index in [1.54, 1.807) is 0 Å². The van der Waals surface area contributed by atoms with Crippen molar-refractivity contribution in [1.29, 1.82) is 0 Å². The molecule has 4 nitrogen and oxygen atoms in total. The normalized spacial score (nSPS) is 17.1. The summed E-state index contributed by atoms with van der Waals surface area (Å²) in [4.78, 5) is 5.74. The van der Waals surface area contributed by atoms with Gasteiger partial charge in [0.2, 0.25) is 0 Å². The minimum atomic E-state index is -0.466. The molecule has 1 aliphatic heterocycles. The van der Waals surface area contributed by atoms with Crippen LogP contribution in [0.25, 0.3) is 0 Å². The molecule has 0 spiro atoms. The Balaban J connectivity index is 2.22. The highest BCUT2D eigenvalue weighted by molar-refractivity contribution is 5.42. The Morgan fingerprint density at radius 2 is 2.14 bits per heavy atom. The SMILES string of the molecule is Oc1cnc(N2CCNCC2)c(F)c1. The topological polar surface area (TPSA) is 48.4 Å². The summed E-state index contributed by atoms with van der Waals surface area (Å²) < 4.78 is 13.4. The Morgan fingerprint density at radius 1 is 1.43 bits per heavy atom. The maximum Gasteiger partial charge on any atom is 0.169 e. The zero-order valence-electron chi connectivity index (χ0n) is 7.70. The van der Waals surface area contributed by atoms with E-state index in [0.717, 1.165) is 32.2 Å². The predicted octanol–water partition coefficient (Wildman–Crippen LogP) is 0.336. The maximum absolute atomic E-state index is 13.4.